The first kappa shape index (κ1) is 12.4. The van der Waals surface area contributed by atoms with Gasteiger partial charge in [0.05, 0.1) is 0 Å². The van der Waals surface area contributed by atoms with Gasteiger partial charge in [-0.25, -0.2) is 0 Å². The summed E-state index contributed by atoms with van der Waals surface area (Å²) < 4.78 is 2.45. The number of aromatic amines is 1. The van der Waals surface area contributed by atoms with Crippen molar-refractivity contribution in [3.05, 3.63) is 10.6 Å². The normalized spacial score (nSPS) is 12.4. The molecule has 0 aliphatic heterocycles. The summed E-state index contributed by atoms with van der Waals surface area (Å²) in [6.07, 6.45) is 0. The molecule has 0 aliphatic rings. The van der Waals surface area contributed by atoms with Crippen LogP contribution >= 0.6 is 12.2 Å². The van der Waals surface area contributed by atoms with Crippen molar-refractivity contribution in [1.82, 2.24) is 14.8 Å². The highest BCUT2D eigenvalue weighted by Gasteiger charge is 2.24. The average Bonchev–Trinajstić information content (AvgIpc) is 2.47. The molecule has 0 fully saturated rings. The Balaban J connectivity index is 2.98. The Hall–Kier alpha value is -0.680. The second-order valence-electron chi connectivity index (χ2n) is 4.83. The molecule has 0 saturated carbocycles. The molecule has 0 unspecified atom stereocenters. The van der Waals surface area contributed by atoms with Crippen molar-refractivity contribution >= 4 is 12.2 Å². The SMILES string of the molecule is CC(C)C(C)(C)Cn1c(CO)n[nH]c1=S. The maximum absolute atomic E-state index is 9.12. The summed E-state index contributed by atoms with van der Waals surface area (Å²) in [5, 5.41) is 15.8. The van der Waals surface area contributed by atoms with E-state index in [0.717, 1.165) is 6.54 Å². The molecule has 0 bridgehead atoms. The van der Waals surface area contributed by atoms with E-state index >= 15 is 0 Å². The fraction of sp³-hybridized carbons (Fsp3) is 0.800. The fourth-order valence-electron chi connectivity index (χ4n) is 1.22. The molecule has 5 heteroatoms. The number of aliphatic hydroxyl groups excluding tert-OH is 1. The Bertz CT molecular complexity index is 378. The van der Waals surface area contributed by atoms with E-state index in [-0.39, 0.29) is 12.0 Å². The van der Waals surface area contributed by atoms with Gasteiger partial charge in [0, 0.05) is 6.54 Å². The lowest BCUT2D eigenvalue weighted by atomic mass is 9.81. The first-order chi connectivity index (χ1) is 6.88. The smallest absolute Gasteiger partial charge is 0.195 e. The zero-order chi connectivity index (χ0) is 11.6. The third kappa shape index (κ3) is 2.66. The van der Waals surface area contributed by atoms with Crippen LogP contribution in [0.15, 0.2) is 0 Å². The standard InChI is InChI=1S/C10H19N3OS/c1-7(2)10(3,4)6-13-8(5-14)11-12-9(13)15/h7,14H,5-6H2,1-4H3,(H,12,15). The van der Waals surface area contributed by atoms with E-state index in [4.69, 9.17) is 17.3 Å². The quantitative estimate of drug-likeness (QED) is 0.778. The first-order valence-electron chi connectivity index (χ1n) is 5.13. The summed E-state index contributed by atoms with van der Waals surface area (Å²) in [5.74, 6) is 1.15. The zero-order valence-electron chi connectivity index (χ0n) is 9.74. The Morgan fingerprint density at radius 2 is 2.13 bits per heavy atom. The van der Waals surface area contributed by atoms with Crippen LogP contribution in [0.3, 0.4) is 0 Å². The van der Waals surface area contributed by atoms with Gasteiger partial charge in [-0.1, -0.05) is 27.7 Å². The molecular weight excluding hydrogens is 210 g/mol. The van der Waals surface area contributed by atoms with E-state index in [0.29, 0.717) is 16.5 Å². The first-order valence-corrected chi connectivity index (χ1v) is 5.54. The minimum atomic E-state index is -0.0820. The lowest BCUT2D eigenvalue weighted by molar-refractivity contribution is 0.196. The molecule has 0 amide bonds. The highest BCUT2D eigenvalue weighted by Crippen LogP contribution is 2.28. The van der Waals surface area contributed by atoms with E-state index in [1.807, 2.05) is 4.57 Å². The van der Waals surface area contributed by atoms with Gasteiger partial charge in [0.25, 0.3) is 0 Å². The predicted molar refractivity (Wildman–Crippen MR) is 62.0 cm³/mol. The fourth-order valence-corrected chi connectivity index (χ4v) is 1.44. The monoisotopic (exact) mass is 229 g/mol. The lowest BCUT2D eigenvalue weighted by Crippen LogP contribution is -2.26. The Morgan fingerprint density at radius 1 is 1.53 bits per heavy atom. The van der Waals surface area contributed by atoms with Gasteiger partial charge in [0.15, 0.2) is 10.6 Å². The van der Waals surface area contributed by atoms with Gasteiger partial charge in [-0.3, -0.25) is 5.10 Å². The van der Waals surface area contributed by atoms with Crippen LogP contribution in [-0.4, -0.2) is 19.9 Å². The second-order valence-corrected chi connectivity index (χ2v) is 5.22. The van der Waals surface area contributed by atoms with Crippen molar-refractivity contribution in [2.45, 2.75) is 40.8 Å². The van der Waals surface area contributed by atoms with E-state index in [1.165, 1.54) is 0 Å². The van der Waals surface area contributed by atoms with E-state index in [1.54, 1.807) is 0 Å². The molecule has 0 spiro atoms. The van der Waals surface area contributed by atoms with Crippen LogP contribution < -0.4 is 0 Å². The lowest BCUT2D eigenvalue weighted by Gasteiger charge is -2.29. The summed E-state index contributed by atoms with van der Waals surface area (Å²) in [7, 11) is 0. The Labute approximate surface area is 95.3 Å². The highest BCUT2D eigenvalue weighted by atomic mass is 32.1. The molecule has 1 rings (SSSR count). The van der Waals surface area contributed by atoms with E-state index in [9.17, 15) is 0 Å². The minimum Gasteiger partial charge on any atom is -0.388 e. The summed E-state index contributed by atoms with van der Waals surface area (Å²) >= 11 is 5.13. The summed E-state index contributed by atoms with van der Waals surface area (Å²) in [5.41, 5.74) is 0.131. The van der Waals surface area contributed by atoms with Gasteiger partial charge in [0.1, 0.15) is 6.61 Å². The Kier molecular flexibility index (Phi) is 3.67. The average molecular weight is 229 g/mol. The topological polar surface area (TPSA) is 53.8 Å². The van der Waals surface area contributed by atoms with Crippen molar-refractivity contribution in [2.24, 2.45) is 11.3 Å². The van der Waals surface area contributed by atoms with Gasteiger partial charge in [0.2, 0.25) is 0 Å². The number of hydrogen-bond acceptors (Lipinski definition) is 3. The molecule has 2 N–H and O–H groups in total. The molecule has 1 heterocycles. The van der Waals surface area contributed by atoms with Gasteiger partial charge in [-0.2, -0.15) is 5.10 Å². The van der Waals surface area contributed by atoms with Crippen LogP contribution in [-0.2, 0) is 13.2 Å². The van der Waals surface area contributed by atoms with Gasteiger partial charge in [-0.15, -0.1) is 0 Å². The number of H-pyrrole nitrogens is 1. The molecule has 0 aromatic carbocycles. The molecular formula is C10H19N3OS. The molecule has 0 radical (unpaired) electrons. The van der Waals surface area contributed by atoms with Crippen LogP contribution in [0.2, 0.25) is 0 Å². The summed E-state index contributed by atoms with van der Waals surface area (Å²) in [4.78, 5) is 0. The largest absolute Gasteiger partial charge is 0.388 e. The van der Waals surface area contributed by atoms with Crippen molar-refractivity contribution in [1.29, 1.82) is 0 Å². The molecule has 86 valence electrons. The Morgan fingerprint density at radius 3 is 2.60 bits per heavy atom. The van der Waals surface area contributed by atoms with Crippen LogP contribution in [0.1, 0.15) is 33.5 Å². The van der Waals surface area contributed by atoms with E-state index in [2.05, 4.69) is 37.9 Å². The number of nitrogens with zero attached hydrogens (tertiary/aromatic N) is 2. The van der Waals surface area contributed by atoms with Crippen LogP contribution in [0.5, 0.6) is 0 Å². The highest BCUT2D eigenvalue weighted by molar-refractivity contribution is 7.71. The van der Waals surface area contributed by atoms with E-state index < -0.39 is 0 Å². The molecule has 1 aromatic heterocycles. The van der Waals surface area contributed by atoms with Crippen LogP contribution in [0, 0.1) is 16.1 Å². The van der Waals surface area contributed by atoms with Crippen molar-refractivity contribution in [3.8, 4) is 0 Å². The van der Waals surface area contributed by atoms with Crippen molar-refractivity contribution in [2.75, 3.05) is 0 Å². The van der Waals surface area contributed by atoms with Gasteiger partial charge in [-0.05, 0) is 23.6 Å². The molecule has 0 aliphatic carbocycles. The number of aliphatic hydroxyl groups is 1. The number of hydrogen-bond donors (Lipinski definition) is 2. The van der Waals surface area contributed by atoms with Gasteiger partial charge < -0.3 is 9.67 Å². The molecule has 15 heavy (non-hydrogen) atoms. The van der Waals surface area contributed by atoms with Gasteiger partial charge >= 0.3 is 0 Å². The van der Waals surface area contributed by atoms with Crippen molar-refractivity contribution < 1.29 is 5.11 Å². The minimum absolute atomic E-state index is 0.0820. The third-order valence-electron chi connectivity index (χ3n) is 3.11. The molecule has 1 aromatic rings. The maximum atomic E-state index is 9.12. The molecule has 0 atom stereocenters. The summed E-state index contributed by atoms with van der Waals surface area (Å²) in [6, 6.07) is 0. The van der Waals surface area contributed by atoms with Crippen LogP contribution in [0.4, 0.5) is 0 Å². The van der Waals surface area contributed by atoms with Crippen LogP contribution in [0.25, 0.3) is 0 Å². The van der Waals surface area contributed by atoms with Crippen molar-refractivity contribution in [3.63, 3.8) is 0 Å². The number of rotatable bonds is 4. The number of aromatic nitrogens is 3. The molecule has 0 saturated heterocycles. The predicted octanol–water partition coefficient (Wildman–Crippen LogP) is 2.12. The summed E-state index contributed by atoms with van der Waals surface area (Å²) in [6.45, 7) is 9.43. The number of nitrogens with one attached hydrogen (secondary N) is 1. The third-order valence-corrected chi connectivity index (χ3v) is 3.42. The zero-order valence-corrected chi connectivity index (χ0v) is 10.6. The maximum Gasteiger partial charge on any atom is 0.195 e. The second kappa shape index (κ2) is 4.45. The molecule has 4 nitrogen and oxygen atoms in total.